The van der Waals surface area contributed by atoms with Gasteiger partial charge in [-0.2, -0.15) is 0 Å². The summed E-state index contributed by atoms with van der Waals surface area (Å²) in [4.78, 5) is 12.4. The highest BCUT2D eigenvalue weighted by Gasteiger charge is 1.96. The standard InChI is InChI=1S/C9H17NO/c1-4-5-6-7-8-10(3)9(2)11/h6-7H,4-5,8H2,1-3H3/b7-6+. The van der Waals surface area contributed by atoms with E-state index in [0.29, 0.717) is 0 Å². The van der Waals surface area contributed by atoms with E-state index in [9.17, 15) is 4.79 Å². The summed E-state index contributed by atoms with van der Waals surface area (Å²) in [6.45, 7) is 4.45. The number of carbonyl (C=O) groups is 1. The van der Waals surface area contributed by atoms with E-state index in [1.165, 1.54) is 6.42 Å². The van der Waals surface area contributed by atoms with Crippen molar-refractivity contribution in [3.8, 4) is 0 Å². The molecule has 0 aliphatic heterocycles. The third-order valence-electron chi connectivity index (χ3n) is 1.54. The van der Waals surface area contributed by atoms with Crippen LogP contribution in [0.1, 0.15) is 26.7 Å². The number of amides is 1. The first-order chi connectivity index (χ1) is 5.18. The van der Waals surface area contributed by atoms with Gasteiger partial charge in [-0.05, 0) is 6.42 Å². The van der Waals surface area contributed by atoms with Crippen molar-refractivity contribution in [3.63, 3.8) is 0 Å². The second-order valence-corrected chi connectivity index (χ2v) is 2.66. The molecule has 2 nitrogen and oxygen atoms in total. The predicted octanol–water partition coefficient (Wildman–Crippen LogP) is 1.82. The Morgan fingerprint density at radius 3 is 2.55 bits per heavy atom. The highest BCUT2D eigenvalue weighted by Crippen LogP contribution is 1.90. The van der Waals surface area contributed by atoms with Gasteiger partial charge in [-0.25, -0.2) is 0 Å². The van der Waals surface area contributed by atoms with Crippen LogP contribution in [0.5, 0.6) is 0 Å². The fourth-order valence-corrected chi connectivity index (χ4v) is 0.646. The van der Waals surface area contributed by atoms with Crippen molar-refractivity contribution >= 4 is 5.91 Å². The van der Waals surface area contributed by atoms with Crippen LogP contribution in [0.25, 0.3) is 0 Å². The first kappa shape index (κ1) is 10.2. The Kier molecular flexibility index (Phi) is 5.53. The summed E-state index contributed by atoms with van der Waals surface area (Å²) in [5.41, 5.74) is 0. The van der Waals surface area contributed by atoms with Gasteiger partial charge in [-0.1, -0.05) is 25.5 Å². The van der Waals surface area contributed by atoms with Crippen molar-refractivity contribution in [2.75, 3.05) is 13.6 Å². The quantitative estimate of drug-likeness (QED) is 0.567. The first-order valence-electron chi connectivity index (χ1n) is 4.05. The molecule has 0 spiro atoms. The Morgan fingerprint density at radius 1 is 1.45 bits per heavy atom. The molecule has 0 aromatic carbocycles. The van der Waals surface area contributed by atoms with Crippen molar-refractivity contribution < 1.29 is 4.79 Å². The Morgan fingerprint density at radius 2 is 2.09 bits per heavy atom. The second kappa shape index (κ2) is 5.96. The lowest BCUT2D eigenvalue weighted by atomic mass is 10.3. The number of hydrogen-bond acceptors (Lipinski definition) is 1. The lowest BCUT2D eigenvalue weighted by Gasteiger charge is -2.10. The maximum atomic E-state index is 10.7. The van der Waals surface area contributed by atoms with Crippen LogP contribution in [-0.2, 0) is 4.79 Å². The van der Waals surface area contributed by atoms with Crippen LogP contribution in [0.4, 0.5) is 0 Å². The Balaban J connectivity index is 3.44. The largest absolute Gasteiger partial charge is 0.342 e. The monoisotopic (exact) mass is 155 g/mol. The smallest absolute Gasteiger partial charge is 0.219 e. The van der Waals surface area contributed by atoms with Gasteiger partial charge in [0.15, 0.2) is 0 Å². The minimum atomic E-state index is 0.117. The van der Waals surface area contributed by atoms with E-state index in [-0.39, 0.29) is 5.91 Å². The lowest BCUT2D eigenvalue weighted by molar-refractivity contribution is -0.127. The van der Waals surface area contributed by atoms with Crippen molar-refractivity contribution in [1.82, 2.24) is 4.90 Å². The summed E-state index contributed by atoms with van der Waals surface area (Å²) < 4.78 is 0. The maximum absolute atomic E-state index is 10.7. The normalized spacial score (nSPS) is 10.5. The minimum absolute atomic E-state index is 0.117. The Bertz CT molecular complexity index is 140. The van der Waals surface area contributed by atoms with Crippen LogP contribution in [0.15, 0.2) is 12.2 Å². The van der Waals surface area contributed by atoms with Crippen LogP contribution in [-0.4, -0.2) is 24.4 Å². The maximum Gasteiger partial charge on any atom is 0.219 e. The van der Waals surface area contributed by atoms with Gasteiger partial charge in [0.1, 0.15) is 0 Å². The molecule has 0 atom stereocenters. The fourth-order valence-electron chi connectivity index (χ4n) is 0.646. The highest BCUT2D eigenvalue weighted by molar-refractivity contribution is 5.72. The molecule has 0 aromatic rings. The number of rotatable bonds is 4. The van der Waals surface area contributed by atoms with Gasteiger partial charge in [0.25, 0.3) is 0 Å². The van der Waals surface area contributed by atoms with E-state index in [1.807, 2.05) is 6.08 Å². The lowest BCUT2D eigenvalue weighted by Crippen LogP contribution is -2.23. The molecule has 0 aliphatic carbocycles. The van der Waals surface area contributed by atoms with E-state index >= 15 is 0 Å². The SMILES string of the molecule is CCC/C=C/CN(C)C(C)=O. The first-order valence-corrected chi connectivity index (χ1v) is 4.05. The van der Waals surface area contributed by atoms with Crippen LogP contribution >= 0.6 is 0 Å². The van der Waals surface area contributed by atoms with Crippen molar-refractivity contribution in [3.05, 3.63) is 12.2 Å². The Labute approximate surface area is 68.9 Å². The molecule has 64 valence electrons. The van der Waals surface area contributed by atoms with Crippen molar-refractivity contribution in [2.45, 2.75) is 26.7 Å². The molecular weight excluding hydrogens is 138 g/mol. The van der Waals surface area contributed by atoms with Crippen LogP contribution in [0, 0.1) is 0 Å². The fraction of sp³-hybridized carbons (Fsp3) is 0.667. The van der Waals surface area contributed by atoms with E-state index < -0.39 is 0 Å². The topological polar surface area (TPSA) is 20.3 Å². The van der Waals surface area contributed by atoms with Crippen molar-refractivity contribution in [1.29, 1.82) is 0 Å². The summed E-state index contributed by atoms with van der Waals surface area (Å²) in [5, 5.41) is 0. The van der Waals surface area contributed by atoms with Gasteiger partial charge in [0, 0.05) is 20.5 Å². The summed E-state index contributed by atoms with van der Waals surface area (Å²) in [5.74, 6) is 0.117. The molecular formula is C9H17NO. The third-order valence-corrected chi connectivity index (χ3v) is 1.54. The number of likely N-dealkylation sites (N-methyl/N-ethyl adjacent to an activating group) is 1. The van der Waals surface area contributed by atoms with Crippen LogP contribution in [0.3, 0.4) is 0 Å². The molecule has 0 N–H and O–H groups in total. The summed E-state index contributed by atoms with van der Waals surface area (Å²) in [6, 6.07) is 0. The molecule has 11 heavy (non-hydrogen) atoms. The van der Waals surface area contributed by atoms with E-state index in [1.54, 1.807) is 18.9 Å². The molecule has 0 aliphatic rings. The molecule has 2 heteroatoms. The molecule has 0 unspecified atom stereocenters. The zero-order valence-corrected chi connectivity index (χ0v) is 7.63. The second-order valence-electron chi connectivity index (χ2n) is 2.66. The van der Waals surface area contributed by atoms with Crippen molar-refractivity contribution in [2.24, 2.45) is 0 Å². The molecule has 0 rings (SSSR count). The van der Waals surface area contributed by atoms with Crippen LogP contribution in [0.2, 0.25) is 0 Å². The van der Waals surface area contributed by atoms with Gasteiger partial charge >= 0.3 is 0 Å². The molecule has 1 amide bonds. The highest BCUT2D eigenvalue weighted by atomic mass is 16.2. The average Bonchev–Trinajstić information content (AvgIpc) is 1.97. The summed E-state index contributed by atoms with van der Waals surface area (Å²) >= 11 is 0. The molecule has 0 heterocycles. The Hall–Kier alpha value is -0.790. The molecule has 0 radical (unpaired) electrons. The minimum Gasteiger partial charge on any atom is -0.342 e. The molecule has 0 fully saturated rings. The number of nitrogens with zero attached hydrogens (tertiary/aromatic N) is 1. The van der Waals surface area contributed by atoms with Gasteiger partial charge in [0.05, 0.1) is 0 Å². The number of hydrogen-bond donors (Lipinski definition) is 0. The van der Waals surface area contributed by atoms with Crippen LogP contribution < -0.4 is 0 Å². The molecule has 0 bridgehead atoms. The molecule has 0 saturated heterocycles. The average molecular weight is 155 g/mol. The van der Waals surface area contributed by atoms with Gasteiger partial charge in [-0.3, -0.25) is 4.79 Å². The number of allylic oxidation sites excluding steroid dienone is 1. The predicted molar refractivity (Wildman–Crippen MR) is 47.4 cm³/mol. The molecule has 0 saturated carbocycles. The number of unbranched alkanes of at least 4 members (excludes halogenated alkanes) is 1. The third kappa shape index (κ3) is 5.64. The zero-order valence-electron chi connectivity index (χ0n) is 7.63. The zero-order chi connectivity index (χ0) is 8.69. The summed E-state index contributed by atoms with van der Waals surface area (Å²) in [6.07, 6.45) is 6.41. The summed E-state index contributed by atoms with van der Waals surface area (Å²) in [7, 11) is 1.80. The molecule has 0 aromatic heterocycles. The van der Waals surface area contributed by atoms with Gasteiger partial charge in [-0.15, -0.1) is 0 Å². The number of carbonyl (C=O) groups excluding carboxylic acids is 1. The van der Waals surface area contributed by atoms with Gasteiger partial charge < -0.3 is 4.90 Å². The van der Waals surface area contributed by atoms with Gasteiger partial charge in [0.2, 0.25) is 5.91 Å². The van der Waals surface area contributed by atoms with E-state index in [2.05, 4.69) is 13.0 Å². The van der Waals surface area contributed by atoms with E-state index in [0.717, 1.165) is 13.0 Å². The van der Waals surface area contributed by atoms with E-state index in [4.69, 9.17) is 0 Å².